The van der Waals surface area contributed by atoms with Crippen LogP contribution in [0, 0.1) is 37.2 Å². The maximum atomic E-state index is 12.7. The van der Waals surface area contributed by atoms with E-state index in [1.807, 2.05) is 20.8 Å². The molecule has 0 radical (unpaired) electrons. The molecule has 0 amide bonds. The van der Waals surface area contributed by atoms with Crippen LogP contribution in [0.15, 0.2) is 4.99 Å². The number of rotatable bonds is 19. The summed E-state index contributed by atoms with van der Waals surface area (Å²) < 4.78 is 21.9. The number of carbonyl (C=O) groups is 1. The van der Waals surface area contributed by atoms with Crippen molar-refractivity contribution in [2.24, 2.45) is 16.8 Å². The summed E-state index contributed by atoms with van der Waals surface area (Å²) in [6, 6.07) is 0. The van der Waals surface area contributed by atoms with Crippen LogP contribution in [-0.4, -0.2) is 61.1 Å². The molecule has 1 rings (SSSR count). The number of nitrogen functional groups attached to an aromatic ring is 1. The number of halogens is 1. The third-order valence-corrected chi connectivity index (χ3v) is 6.67. The summed E-state index contributed by atoms with van der Waals surface area (Å²) >= 11 is 0. The number of aliphatic hydroxyl groups excluding tert-OH is 1. The van der Waals surface area contributed by atoms with E-state index in [4.69, 9.17) is 22.0 Å². The van der Waals surface area contributed by atoms with E-state index < -0.39 is 11.7 Å². The number of aliphatic imine (C=N–C) groups is 1. The zero-order valence-corrected chi connectivity index (χ0v) is 29.5. The van der Waals surface area contributed by atoms with Gasteiger partial charge in [-0.1, -0.05) is 111 Å². The number of anilines is 1. The Hall–Kier alpha value is -2.41. The summed E-state index contributed by atoms with van der Waals surface area (Å²) in [6.07, 6.45) is 24.3. The average Bonchev–Trinajstić information content (AvgIpc) is 2.99. The number of ether oxygens (including phenoxy) is 2. The Morgan fingerprint density at radius 2 is 1.48 bits per heavy atom. The van der Waals surface area contributed by atoms with Gasteiger partial charge in [-0.05, 0) is 32.1 Å². The molecule has 0 saturated carbocycles. The van der Waals surface area contributed by atoms with Gasteiger partial charge < -0.3 is 25.1 Å². The molecule has 0 fully saturated rings. The van der Waals surface area contributed by atoms with Crippen molar-refractivity contribution in [3.8, 4) is 12.3 Å². The Bertz CT molecular complexity index is 848. The van der Waals surface area contributed by atoms with E-state index in [0.29, 0.717) is 29.6 Å². The molecule has 2 unspecified atom stereocenters. The van der Waals surface area contributed by atoms with Crippen LogP contribution in [0.1, 0.15) is 130 Å². The predicted molar refractivity (Wildman–Crippen MR) is 184 cm³/mol. The zero-order chi connectivity index (χ0) is 34.2. The summed E-state index contributed by atoms with van der Waals surface area (Å²) in [4.78, 5) is 22.0. The first-order chi connectivity index (χ1) is 21.0. The van der Waals surface area contributed by atoms with Crippen molar-refractivity contribution in [3.05, 3.63) is 11.8 Å². The van der Waals surface area contributed by atoms with Crippen LogP contribution < -0.4 is 5.73 Å². The van der Waals surface area contributed by atoms with E-state index in [1.165, 1.54) is 77.6 Å². The number of nitrogens with zero attached hydrogens (tertiary/aromatic N) is 3. The molecule has 1 aromatic heterocycles. The predicted octanol–water partition coefficient (Wildman–Crippen LogP) is 8.45. The third kappa shape index (κ3) is 26.0. The van der Waals surface area contributed by atoms with E-state index in [-0.39, 0.29) is 12.4 Å². The highest BCUT2D eigenvalue weighted by molar-refractivity contribution is 5.70. The zero-order valence-electron chi connectivity index (χ0n) is 29.5. The van der Waals surface area contributed by atoms with Crippen LogP contribution in [0.5, 0.6) is 0 Å². The van der Waals surface area contributed by atoms with Gasteiger partial charge in [-0.2, -0.15) is 9.37 Å². The van der Waals surface area contributed by atoms with Gasteiger partial charge in [0.15, 0.2) is 11.4 Å². The Morgan fingerprint density at radius 1 is 0.977 bits per heavy atom. The number of hydrogen-bond donors (Lipinski definition) is 2. The first-order valence-electron chi connectivity index (χ1n) is 16.3. The molecule has 0 saturated heterocycles. The lowest BCUT2D eigenvalue weighted by atomic mass is 9.95. The average molecular weight is 625 g/mol. The molecule has 1 aromatic rings. The maximum Gasteiger partial charge on any atom is 0.310 e. The Labute approximate surface area is 269 Å². The highest BCUT2D eigenvalue weighted by atomic mass is 19.1. The second kappa shape index (κ2) is 32.0. The van der Waals surface area contributed by atoms with Crippen molar-refractivity contribution in [1.82, 2.24) is 9.97 Å². The van der Waals surface area contributed by atoms with E-state index in [1.54, 1.807) is 27.4 Å². The number of hydrogen-bond acceptors (Lipinski definition) is 8. The van der Waals surface area contributed by atoms with E-state index in [9.17, 15) is 9.18 Å². The number of aryl methyl sites for hydroxylation is 1. The summed E-state index contributed by atoms with van der Waals surface area (Å²) in [5.74, 6) is 3.17. The molecule has 9 heteroatoms. The van der Waals surface area contributed by atoms with Gasteiger partial charge in [-0.25, -0.2) is 4.98 Å². The second-order valence-electron chi connectivity index (χ2n) is 11.3. The van der Waals surface area contributed by atoms with Crippen molar-refractivity contribution >= 4 is 24.0 Å². The van der Waals surface area contributed by atoms with Gasteiger partial charge in [-0.15, -0.1) is 6.42 Å². The Kier molecular flexibility index (Phi) is 33.5. The highest BCUT2D eigenvalue weighted by Crippen LogP contribution is 2.22. The van der Waals surface area contributed by atoms with Crippen LogP contribution in [0.2, 0.25) is 0 Å². The van der Waals surface area contributed by atoms with Crippen molar-refractivity contribution < 1.29 is 23.8 Å². The number of aromatic nitrogens is 2. The number of nitrogens with two attached hydrogens (primary N) is 1. The number of aldehydes is 1. The fourth-order valence-corrected chi connectivity index (χ4v) is 4.06. The molecule has 3 N–H and O–H groups in total. The fourth-order valence-electron chi connectivity index (χ4n) is 4.06. The molecular formula is C35H65FN4O4. The Balaban J connectivity index is -0.000000563. The maximum absolute atomic E-state index is 12.7. The smallest absolute Gasteiger partial charge is 0.310 e. The van der Waals surface area contributed by atoms with Crippen molar-refractivity contribution in [3.63, 3.8) is 0 Å². The summed E-state index contributed by atoms with van der Waals surface area (Å²) in [7, 11) is 4.77. The summed E-state index contributed by atoms with van der Waals surface area (Å²) in [5.41, 5.74) is 5.66. The van der Waals surface area contributed by atoms with Gasteiger partial charge in [0.25, 0.3) is 0 Å². The van der Waals surface area contributed by atoms with Gasteiger partial charge in [0, 0.05) is 33.5 Å². The van der Waals surface area contributed by atoms with Crippen molar-refractivity contribution in [2.45, 2.75) is 137 Å². The standard InChI is InChI=1S/C16H32O.C9H13FN4.C8H14O2.C2H6O/c1-3-5-7-9-10-12-14-16(15-17)13-11-8-6-4-2;1-5(2)4-12-7-6(3)13-9(10)14-8(7)11;1-4-6-8(5-2,7-9)10-3;1-3-2/h15-16H,3-14H2,1-2H3;4-5H,1-3H3,(H2,11,13,14);2,9H,4,6-7H2,1,3H3;1-2H3. The quantitative estimate of drug-likeness (QED) is 0.0521. The molecule has 8 nitrogen and oxygen atoms in total. The van der Waals surface area contributed by atoms with Gasteiger partial charge in [-0.3, -0.25) is 4.99 Å². The third-order valence-electron chi connectivity index (χ3n) is 6.67. The van der Waals surface area contributed by atoms with Gasteiger partial charge >= 0.3 is 6.08 Å². The van der Waals surface area contributed by atoms with Gasteiger partial charge in [0.2, 0.25) is 0 Å². The lowest BCUT2D eigenvalue weighted by Gasteiger charge is -2.23. The summed E-state index contributed by atoms with van der Waals surface area (Å²) in [6.45, 7) is 12.0. The van der Waals surface area contributed by atoms with E-state index in [2.05, 4.69) is 39.5 Å². The monoisotopic (exact) mass is 624 g/mol. The highest BCUT2D eigenvalue weighted by Gasteiger charge is 2.24. The van der Waals surface area contributed by atoms with Crippen molar-refractivity contribution in [2.75, 3.05) is 33.7 Å². The van der Waals surface area contributed by atoms with Crippen molar-refractivity contribution in [1.29, 1.82) is 0 Å². The van der Waals surface area contributed by atoms with Crippen LogP contribution >= 0.6 is 0 Å². The topological polar surface area (TPSA) is 120 Å². The van der Waals surface area contributed by atoms with Crippen LogP contribution in [0.4, 0.5) is 15.9 Å². The minimum atomic E-state index is -0.816. The van der Waals surface area contributed by atoms with E-state index in [0.717, 1.165) is 19.3 Å². The molecular weight excluding hydrogens is 559 g/mol. The van der Waals surface area contributed by atoms with E-state index >= 15 is 0 Å². The molecule has 0 aliphatic carbocycles. The van der Waals surface area contributed by atoms with Crippen LogP contribution in [0.25, 0.3) is 0 Å². The lowest BCUT2D eigenvalue weighted by molar-refractivity contribution is -0.111. The minimum Gasteiger partial charge on any atom is -0.392 e. The molecule has 0 spiro atoms. The largest absolute Gasteiger partial charge is 0.392 e. The molecule has 0 aliphatic rings. The molecule has 0 aliphatic heterocycles. The molecule has 2 atom stereocenters. The number of aliphatic hydroxyl groups is 1. The van der Waals surface area contributed by atoms with Crippen LogP contribution in [-0.2, 0) is 14.3 Å². The second-order valence-corrected chi connectivity index (χ2v) is 11.3. The normalized spacial score (nSPS) is 12.5. The number of carbonyl (C=O) groups excluding carboxylic acids is 1. The molecule has 0 aromatic carbocycles. The first-order valence-corrected chi connectivity index (χ1v) is 16.3. The molecule has 0 bridgehead atoms. The first kappa shape index (κ1) is 46.0. The Morgan fingerprint density at radius 3 is 1.84 bits per heavy atom. The fraction of sp³-hybridized carbons (Fsp3) is 0.771. The molecule has 44 heavy (non-hydrogen) atoms. The minimum absolute atomic E-state index is 0.0758. The van der Waals surface area contributed by atoms with Gasteiger partial charge in [0.1, 0.15) is 12.0 Å². The molecule has 1 heterocycles. The van der Waals surface area contributed by atoms with Gasteiger partial charge in [0.05, 0.1) is 12.3 Å². The summed E-state index contributed by atoms with van der Waals surface area (Å²) in [5, 5.41) is 8.84. The van der Waals surface area contributed by atoms with Crippen LogP contribution in [0.3, 0.4) is 0 Å². The number of unbranched alkanes of at least 4 members (excludes halogenated alkanes) is 8. The number of methoxy groups -OCH3 is 2. The lowest BCUT2D eigenvalue weighted by Crippen LogP contribution is -2.33. The SMILES string of the molecule is C#CC(CO)(CCC)OC.CCCCCCCCC(C=O)CCCCCC.COC.Cc1nc(F)nc(N)c1N=CC(C)C. The molecule has 256 valence electrons. The number of terminal acetylenes is 1.